The number of H-pyrrole nitrogens is 1. The topological polar surface area (TPSA) is 105 Å². The van der Waals surface area contributed by atoms with Gasteiger partial charge in [-0.25, -0.2) is 14.4 Å². The summed E-state index contributed by atoms with van der Waals surface area (Å²) >= 11 is 1.86. The minimum absolute atomic E-state index is 0.141. The molecule has 124 valence electrons. The summed E-state index contributed by atoms with van der Waals surface area (Å²) in [6.07, 6.45) is 1.56. The van der Waals surface area contributed by atoms with Gasteiger partial charge in [-0.05, 0) is 36.5 Å². The predicted octanol–water partition coefficient (Wildman–Crippen LogP) is 1.09. The molecule has 0 radical (unpaired) electrons. The predicted molar refractivity (Wildman–Crippen MR) is 95.0 cm³/mol. The van der Waals surface area contributed by atoms with E-state index in [2.05, 4.69) is 15.3 Å². The largest absolute Gasteiger partial charge is 0.364 e. The van der Waals surface area contributed by atoms with Crippen molar-refractivity contribution in [3.8, 4) is 5.69 Å². The first-order chi connectivity index (χ1) is 11.6. The van der Waals surface area contributed by atoms with Crippen molar-refractivity contribution < 1.29 is 4.79 Å². The first kappa shape index (κ1) is 15.1. The van der Waals surface area contributed by atoms with E-state index < -0.39 is 11.6 Å². The van der Waals surface area contributed by atoms with Gasteiger partial charge in [0.2, 0.25) is 0 Å². The van der Waals surface area contributed by atoms with Crippen molar-refractivity contribution in [2.24, 2.45) is 10.7 Å². The van der Waals surface area contributed by atoms with Crippen molar-refractivity contribution in [1.29, 1.82) is 0 Å². The zero-order valence-electron chi connectivity index (χ0n) is 12.9. The molecule has 1 aromatic heterocycles. The third kappa shape index (κ3) is 2.34. The van der Waals surface area contributed by atoms with Crippen LogP contribution in [0.25, 0.3) is 5.69 Å². The number of hydrogen-bond donors (Lipinski definition) is 3. The minimum Gasteiger partial charge on any atom is -0.364 e. The standard InChI is InChI=1S/C16H17N5O2S/c17-13(22)11-12-14(20-16(19-11)6-8-24-9-7-16)21(15(23)18-12)10-4-2-1-3-5-10/h1-5,20H,6-9H2,(H2,17,22)(H,18,23). The van der Waals surface area contributed by atoms with Gasteiger partial charge in [-0.3, -0.25) is 4.79 Å². The number of para-hydroxylation sites is 1. The number of nitrogens with two attached hydrogens (primary N) is 1. The summed E-state index contributed by atoms with van der Waals surface area (Å²) in [4.78, 5) is 31.8. The van der Waals surface area contributed by atoms with Crippen LogP contribution in [0.15, 0.2) is 40.1 Å². The number of aromatic amines is 1. The second-order valence-electron chi connectivity index (χ2n) is 5.92. The molecule has 3 heterocycles. The Morgan fingerprint density at radius 1 is 1.25 bits per heavy atom. The van der Waals surface area contributed by atoms with E-state index in [0.717, 1.165) is 30.0 Å². The zero-order valence-corrected chi connectivity index (χ0v) is 13.7. The van der Waals surface area contributed by atoms with Gasteiger partial charge in [0.25, 0.3) is 5.91 Å². The lowest BCUT2D eigenvalue weighted by molar-refractivity contribution is -0.112. The Kier molecular flexibility index (Phi) is 3.49. The molecule has 1 aromatic carbocycles. The monoisotopic (exact) mass is 343 g/mol. The molecule has 1 fully saturated rings. The molecule has 2 aromatic rings. The van der Waals surface area contributed by atoms with Crippen LogP contribution < -0.4 is 16.7 Å². The van der Waals surface area contributed by atoms with Crippen LogP contribution in [0.1, 0.15) is 18.5 Å². The second kappa shape index (κ2) is 5.55. The smallest absolute Gasteiger partial charge is 0.332 e. The minimum atomic E-state index is -0.628. The maximum atomic E-state index is 12.5. The maximum absolute atomic E-state index is 12.5. The first-order valence-corrected chi connectivity index (χ1v) is 8.91. The Morgan fingerprint density at radius 3 is 2.62 bits per heavy atom. The fourth-order valence-electron chi connectivity index (χ4n) is 3.19. The highest BCUT2D eigenvalue weighted by Gasteiger charge is 2.40. The van der Waals surface area contributed by atoms with Crippen molar-refractivity contribution in [2.45, 2.75) is 18.5 Å². The number of primary amides is 1. The fourth-order valence-corrected chi connectivity index (χ4v) is 4.36. The van der Waals surface area contributed by atoms with Crippen molar-refractivity contribution in [3.63, 3.8) is 0 Å². The molecular formula is C16H17N5O2S. The van der Waals surface area contributed by atoms with E-state index >= 15 is 0 Å². The van der Waals surface area contributed by atoms with Crippen LogP contribution in [0.4, 0.5) is 5.82 Å². The summed E-state index contributed by atoms with van der Waals surface area (Å²) in [6, 6.07) is 9.30. The van der Waals surface area contributed by atoms with Crippen molar-refractivity contribution in [1.82, 2.24) is 9.55 Å². The van der Waals surface area contributed by atoms with Crippen molar-refractivity contribution in [3.05, 3.63) is 46.5 Å². The number of rotatable bonds is 2. The van der Waals surface area contributed by atoms with E-state index in [4.69, 9.17) is 5.73 Å². The Labute approximate surface area is 142 Å². The van der Waals surface area contributed by atoms with Crippen LogP contribution in [-0.4, -0.2) is 38.3 Å². The fraction of sp³-hybridized carbons (Fsp3) is 0.312. The van der Waals surface area contributed by atoms with Crippen LogP contribution in [-0.2, 0) is 4.79 Å². The molecule has 1 saturated heterocycles. The van der Waals surface area contributed by atoms with Gasteiger partial charge in [-0.1, -0.05) is 18.2 Å². The second-order valence-corrected chi connectivity index (χ2v) is 7.14. The number of anilines is 1. The van der Waals surface area contributed by atoms with E-state index in [1.165, 1.54) is 4.57 Å². The molecule has 0 saturated carbocycles. The quantitative estimate of drug-likeness (QED) is 0.759. The Bertz CT molecular complexity index is 878. The van der Waals surface area contributed by atoms with Gasteiger partial charge < -0.3 is 16.0 Å². The van der Waals surface area contributed by atoms with Gasteiger partial charge in [0.05, 0.1) is 5.69 Å². The molecule has 0 unspecified atom stereocenters. The van der Waals surface area contributed by atoms with Crippen LogP contribution in [0.5, 0.6) is 0 Å². The van der Waals surface area contributed by atoms with Gasteiger partial charge in [-0.15, -0.1) is 0 Å². The molecule has 7 nitrogen and oxygen atoms in total. The number of benzene rings is 1. The van der Waals surface area contributed by atoms with Gasteiger partial charge in [0.1, 0.15) is 17.2 Å². The third-order valence-corrected chi connectivity index (χ3v) is 5.36. The summed E-state index contributed by atoms with van der Waals surface area (Å²) < 4.78 is 1.54. The van der Waals surface area contributed by atoms with E-state index in [1.807, 2.05) is 42.1 Å². The summed E-state index contributed by atoms with van der Waals surface area (Å²) in [5.74, 6) is 1.81. The molecule has 0 atom stereocenters. The Hall–Kier alpha value is -2.48. The molecule has 2 aliphatic rings. The molecule has 2 aliphatic heterocycles. The number of amides is 1. The Morgan fingerprint density at radius 2 is 1.96 bits per heavy atom. The average molecular weight is 343 g/mol. The van der Waals surface area contributed by atoms with E-state index in [9.17, 15) is 9.59 Å². The van der Waals surface area contributed by atoms with E-state index in [-0.39, 0.29) is 11.4 Å². The number of nitrogens with zero attached hydrogens (tertiary/aromatic N) is 2. The molecule has 4 N–H and O–H groups in total. The number of imidazole rings is 1. The number of aliphatic imine (C=N–C) groups is 1. The van der Waals surface area contributed by atoms with Gasteiger partial charge in [-0.2, -0.15) is 11.8 Å². The number of carbonyl (C=O) groups is 1. The number of fused-ring (bicyclic) bond motifs is 1. The van der Waals surface area contributed by atoms with Crippen molar-refractivity contribution >= 4 is 29.2 Å². The van der Waals surface area contributed by atoms with Gasteiger partial charge in [0.15, 0.2) is 5.71 Å². The van der Waals surface area contributed by atoms with Crippen LogP contribution in [0, 0.1) is 0 Å². The van der Waals surface area contributed by atoms with Crippen molar-refractivity contribution in [2.75, 3.05) is 16.8 Å². The normalized spacial score (nSPS) is 18.6. The number of thioether (sulfide) groups is 1. The summed E-state index contributed by atoms with van der Waals surface area (Å²) in [7, 11) is 0. The highest BCUT2D eigenvalue weighted by atomic mass is 32.2. The first-order valence-electron chi connectivity index (χ1n) is 7.76. The number of carbonyl (C=O) groups excluding carboxylic acids is 1. The Balaban J connectivity index is 1.92. The molecule has 1 spiro atoms. The third-order valence-electron chi connectivity index (χ3n) is 4.38. The maximum Gasteiger partial charge on any atom is 0.332 e. The molecule has 1 amide bonds. The molecule has 0 bridgehead atoms. The average Bonchev–Trinajstić information content (AvgIpc) is 2.91. The van der Waals surface area contributed by atoms with Crippen LogP contribution in [0.2, 0.25) is 0 Å². The summed E-state index contributed by atoms with van der Waals surface area (Å²) in [5.41, 5.74) is 5.86. The lowest BCUT2D eigenvalue weighted by Crippen LogP contribution is -2.46. The number of aromatic nitrogens is 2. The zero-order chi connectivity index (χ0) is 16.7. The summed E-state index contributed by atoms with van der Waals surface area (Å²) in [5, 5.41) is 3.41. The van der Waals surface area contributed by atoms with Gasteiger partial charge in [0, 0.05) is 0 Å². The lowest BCUT2D eigenvalue weighted by Gasteiger charge is -2.38. The van der Waals surface area contributed by atoms with Crippen LogP contribution in [0.3, 0.4) is 0 Å². The lowest BCUT2D eigenvalue weighted by atomic mass is 10.00. The molecule has 0 aliphatic carbocycles. The summed E-state index contributed by atoms with van der Waals surface area (Å²) in [6.45, 7) is 0. The molecular weight excluding hydrogens is 326 g/mol. The number of hydrogen-bond acceptors (Lipinski definition) is 5. The van der Waals surface area contributed by atoms with E-state index in [1.54, 1.807) is 0 Å². The highest BCUT2D eigenvalue weighted by Crippen LogP contribution is 2.36. The van der Waals surface area contributed by atoms with E-state index in [0.29, 0.717) is 11.5 Å². The number of nitrogens with one attached hydrogen (secondary N) is 2. The molecule has 4 rings (SSSR count). The van der Waals surface area contributed by atoms with Crippen LogP contribution >= 0.6 is 11.8 Å². The highest BCUT2D eigenvalue weighted by molar-refractivity contribution is 7.99. The van der Waals surface area contributed by atoms with Gasteiger partial charge >= 0.3 is 5.69 Å². The molecule has 8 heteroatoms. The SMILES string of the molecule is NC(=O)C1=NC2(CCSCC2)Nc2c1[nH]c(=O)n2-c1ccccc1. The molecule has 24 heavy (non-hydrogen) atoms.